The average Bonchev–Trinajstić information content (AvgIpc) is 2.97. The normalized spacial score (nSPS) is 11.8. The van der Waals surface area contributed by atoms with Crippen LogP contribution < -0.4 is 5.73 Å². The molecule has 0 aliphatic heterocycles. The first kappa shape index (κ1) is 15.5. The van der Waals surface area contributed by atoms with Crippen molar-refractivity contribution in [2.45, 2.75) is 12.6 Å². The number of carbonyl (C=O) groups is 1. The summed E-state index contributed by atoms with van der Waals surface area (Å²) in [5, 5.41) is 1.76. The van der Waals surface area contributed by atoms with E-state index in [-0.39, 0.29) is 16.5 Å². The van der Waals surface area contributed by atoms with E-state index >= 15 is 0 Å². The molecule has 3 aromatic rings. The molecule has 3 nitrogen and oxygen atoms in total. The Morgan fingerprint density at radius 1 is 1.22 bits per heavy atom. The van der Waals surface area contributed by atoms with Crippen molar-refractivity contribution in [3.8, 4) is 0 Å². The first-order valence-electron chi connectivity index (χ1n) is 6.68. The highest BCUT2D eigenvalue weighted by Crippen LogP contribution is 2.35. The van der Waals surface area contributed by atoms with Crippen molar-refractivity contribution >= 4 is 28.1 Å². The third kappa shape index (κ3) is 3.05. The lowest BCUT2D eigenvalue weighted by molar-refractivity contribution is -0.136. The Balaban J connectivity index is 2.22. The second kappa shape index (κ2) is 5.66. The van der Waals surface area contributed by atoms with Crippen LogP contribution in [0.15, 0.2) is 41.8 Å². The number of hydrogen-bond donors (Lipinski definition) is 1. The Morgan fingerprint density at radius 3 is 2.61 bits per heavy atom. The molecular formula is C16H11F3N2OS. The van der Waals surface area contributed by atoms with Crippen LogP contribution in [-0.2, 0) is 12.6 Å². The summed E-state index contributed by atoms with van der Waals surface area (Å²) in [4.78, 5) is 16.9. The molecule has 0 fully saturated rings. The van der Waals surface area contributed by atoms with Crippen LogP contribution in [0.3, 0.4) is 0 Å². The Hall–Kier alpha value is -2.41. The number of halogens is 3. The van der Waals surface area contributed by atoms with E-state index in [1.165, 1.54) is 29.5 Å². The second-order valence-corrected chi connectivity index (χ2v) is 6.01. The van der Waals surface area contributed by atoms with Gasteiger partial charge in [-0.3, -0.25) is 9.78 Å². The van der Waals surface area contributed by atoms with E-state index in [4.69, 9.17) is 5.73 Å². The highest BCUT2D eigenvalue weighted by atomic mass is 32.1. The van der Waals surface area contributed by atoms with Gasteiger partial charge in [0.1, 0.15) is 0 Å². The number of alkyl halides is 3. The third-order valence-electron chi connectivity index (χ3n) is 3.43. The van der Waals surface area contributed by atoms with Gasteiger partial charge < -0.3 is 5.73 Å². The summed E-state index contributed by atoms with van der Waals surface area (Å²) in [6.45, 7) is 0. The molecule has 118 valence electrons. The van der Waals surface area contributed by atoms with Gasteiger partial charge in [0.25, 0.3) is 5.91 Å². The van der Waals surface area contributed by atoms with Gasteiger partial charge in [-0.15, -0.1) is 11.3 Å². The number of benzene rings is 1. The van der Waals surface area contributed by atoms with Gasteiger partial charge in [-0.2, -0.15) is 13.2 Å². The number of primary amides is 1. The molecule has 0 spiro atoms. The van der Waals surface area contributed by atoms with Gasteiger partial charge in [-0.05, 0) is 29.6 Å². The molecule has 7 heteroatoms. The number of fused-ring (bicyclic) bond motifs is 1. The van der Waals surface area contributed by atoms with Crippen molar-refractivity contribution in [3.63, 3.8) is 0 Å². The maximum absolute atomic E-state index is 13.1. The fraction of sp³-hybridized carbons (Fsp3) is 0.125. The molecule has 3 rings (SSSR count). The number of thiophene rings is 1. The summed E-state index contributed by atoms with van der Waals surface area (Å²) in [5.41, 5.74) is 5.10. The van der Waals surface area contributed by atoms with Gasteiger partial charge >= 0.3 is 6.18 Å². The lowest BCUT2D eigenvalue weighted by Gasteiger charge is -2.13. The maximum Gasteiger partial charge on any atom is 0.417 e. The van der Waals surface area contributed by atoms with Crippen molar-refractivity contribution < 1.29 is 18.0 Å². The van der Waals surface area contributed by atoms with Crippen LogP contribution in [0.4, 0.5) is 13.2 Å². The monoisotopic (exact) mass is 336 g/mol. The zero-order valence-electron chi connectivity index (χ0n) is 11.7. The molecule has 2 heterocycles. The van der Waals surface area contributed by atoms with E-state index in [1.807, 2.05) is 17.5 Å². The molecule has 0 aliphatic carbocycles. The number of amides is 1. The highest BCUT2D eigenvalue weighted by Gasteiger charge is 2.33. The summed E-state index contributed by atoms with van der Waals surface area (Å²) in [6, 6.07) is 8.68. The number of hydrogen-bond acceptors (Lipinski definition) is 3. The molecule has 1 aromatic carbocycles. The topological polar surface area (TPSA) is 56.0 Å². The number of carbonyl (C=O) groups excluding carboxylic acids is 1. The van der Waals surface area contributed by atoms with Gasteiger partial charge in [-0.1, -0.05) is 12.1 Å². The minimum Gasteiger partial charge on any atom is -0.366 e. The molecule has 0 radical (unpaired) electrons. The second-order valence-electron chi connectivity index (χ2n) is 4.97. The van der Waals surface area contributed by atoms with Crippen molar-refractivity contribution in [1.82, 2.24) is 4.98 Å². The number of aromatic nitrogens is 1. The summed E-state index contributed by atoms with van der Waals surface area (Å²) in [5.74, 6) is -0.789. The molecule has 0 unspecified atom stereocenters. The Bertz CT molecular complexity index is 873. The third-order valence-corrected chi connectivity index (χ3v) is 4.31. The van der Waals surface area contributed by atoms with Crippen LogP contribution in [0.2, 0.25) is 0 Å². The molecular weight excluding hydrogens is 325 g/mol. The van der Waals surface area contributed by atoms with Gasteiger partial charge in [0, 0.05) is 16.7 Å². The van der Waals surface area contributed by atoms with Crippen molar-refractivity contribution in [2.24, 2.45) is 5.73 Å². The first-order valence-corrected chi connectivity index (χ1v) is 7.56. The van der Waals surface area contributed by atoms with E-state index in [2.05, 4.69) is 4.98 Å². The fourth-order valence-electron chi connectivity index (χ4n) is 2.41. The van der Waals surface area contributed by atoms with Gasteiger partial charge in [0.05, 0.1) is 22.3 Å². The van der Waals surface area contributed by atoms with E-state index in [0.29, 0.717) is 12.1 Å². The fourth-order valence-corrected chi connectivity index (χ4v) is 3.12. The molecule has 1 amide bonds. The standard InChI is InChI=1S/C16H11F3N2OS/c17-16(18,19)12-4-1-5-13-10(12)8-11(15(20)22)14(21-13)7-9-3-2-6-23-9/h1-6,8H,7H2,(H2,20,22). The van der Waals surface area contributed by atoms with Crippen LogP contribution in [0.1, 0.15) is 26.5 Å². The molecule has 0 atom stereocenters. The van der Waals surface area contributed by atoms with Crippen LogP contribution in [0.25, 0.3) is 10.9 Å². The molecule has 0 bridgehead atoms. The van der Waals surface area contributed by atoms with Gasteiger partial charge in [0.15, 0.2) is 0 Å². The SMILES string of the molecule is NC(=O)c1cc2c(C(F)(F)F)cccc2nc1Cc1cccs1. The number of nitrogens with zero attached hydrogens (tertiary/aromatic N) is 1. The van der Waals surface area contributed by atoms with Crippen LogP contribution >= 0.6 is 11.3 Å². The smallest absolute Gasteiger partial charge is 0.366 e. The Labute approximate surface area is 133 Å². The largest absolute Gasteiger partial charge is 0.417 e. The van der Waals surface area contributed by atoms with Crippen LogP contribution in [0, 0.1) is 0 Å². The predicted octanol–water partition coefficient (Wildman–Crippen LogP) is 4.00. The number of nitrogens with two attached hydrogens (primary N) is 1. The zero-order valence-corrected chi connectivity index (χ0v) is 12.5. The lowest BCUT2D eigenvalue weighted by atomic mass is 10.0. The molecule has 2 N–H and O–H groups in total. The quantitative estimate of drug-likeness (QED) is 0.786. The van der Waals surface area contributed by atoms with Gasteiger partial charge in [-0.25, -0.2) is 0 Å². The number of pyridine rings is 1. The van der Waals surface area contributed by atoms with Crippen molar-refractivity contribution in [2.75, 3.05) is 0 Å². The molecule has 0 aliphatic rings. The number of rotatable bonds is 3. The minimum absolute atomic E-state index is 0.0163. The lowest BCUT2D eigenvalue weighted by Crippen LogP contribution is -2.16. The van der Waals surface area contributed by atoms with E-state index in [1.54, 1.807) is 0 Å². The molecule has 0 saturated heterocycles. The van der Waals surface area contributed by atoms with Crippen LogP contribution in [0.5, 0.6) is 0 Å². The van der Waals surface area contributed by atoms with Crippen molar-refractivity contribution in [1.29, 1.82) is 0 Å². The van der Waals surface area contributed by atoms with Crippen LogP contribution in [-0.4, -0.2) is 10.9 Å². The van der Waals surface area contributed by atoms with E-state index < -0.39 is 17.6 Å². The average molecular weight is 336 g/mol. The Kier molecular flexibility index (Phi) is 3.81. The summed E-state index contributed by atoms with van der Waals surface area (Å²) in [7, 11) is 0. The zero-order chi connectivity index (χ0) is 16.6. The van der Waals surface area contributed by atoms with Crippen molar-refractivity contribution in [3.05, 3.63) is 63.5 Å². The summed E-state index contributed by atoms with van der Waals surface area (Å²) < 4.78 is 39.3. The maximum atomic E-state index is 13.1. The first-order chi connectivity index (χ1) is 10.9. The predicted molar refractivity (Wildman–Crippen MR) is 82.4 cm³/mol. The summed E-state index contributed by atoms with van der Waals surface area (Å²) in [6.07, 6.45) is -4.17. The molecule has 0 saturated carbocycles. The minimum atomic E-state index is -4.52. The van der Waals surface area contributed by atoms with Gasteiger partial charge in [0.2, 0.25) is 0 Å². The van der Waals surface area contributed by atoms with E-state index in [0.717, 1.165) is 10.9 Å². The highest BCUT2D eigenvalue weighted by molar-refractivity contribution is 7.09. The Morgan fingerprint density at radius 2 is 2.00 bits per heavy atom. The molecule has 23 heavy (non-hydrogen) atoms. The van der Waals surface area contributed by atoms with E-state index in [9.17, 15) is 18.0 Å². The molecule has 2 aromatic heterocycles. The summed E-state index contributed by atoms with van der Waals surface area (Å²) >= 11 is 1.48.